The number of rotatable bonds is 4. The summed E-state index contributed by atoms with van der Waals surface area (Å²) < 4.78 is 27.0. The van der Waals surface area contributed by atoms with Crippen molar-refractivity contribution in [3.05, 3.63) is 46.2 Å². The number of aryl methyl sites for hydroxylation is 1. The molecule has 1 heterocycles. The van der Waals surface area contributed by atoms with Crippen molar-refractivity contribution < 1.29 is 8.42 Å². The molecule has 2 aromatic rings. The average Bonchev–Trinajstić information content (AvgIpc) is 2.81. The Morgan fingerprint density at radius 1 is 1.33 bits per heavy atom. The molecule has 0 aliphatic heterocycles. The van der Waals surface area contributed by atoms with Crippen molar-refractivity contribution in [3.63, 3.8) is 0 Å². The summed E-state index contributed by atoms with van der Waals surface area (Å²) in [5.74, 6) is 0. The van der Waals surface area contributed by atoms with Crippen LogP contribution in [0.4, 0.5) is 5.69 Å². The molecular formula is C12H14N2O2S2. The second kappa shape index (κ2) is 5.09. The molecule has 0 saturated carbocycles. The highest BCUT2D eigenvalue weighted by molar-refractivity contribution is 7.92. The normalized spacial score (nSPS) is 11.4. The van der Waals surface area contributed by atoms with Crippen LogP contribution >= 0.6 is 11.3 Å². The molecule has 0 spiro atoms. The van der Waals surface area contributed by atoms with E-state index in [1.54, 1.807) is 30.5 Å². The van der Waals surface area contributed by atoms with E-state index < -0.39 is 10.0 Å². The maximum atomic E-state index is 12.2. The number of nitrogens with two attached hydrogens (primary N) is 1. The van der Waals surface area contributed by atoms with Crippen molar-refractivity contribution in [2.24, 2.45) is 5.73 Å². The van der Waals surface area contributed by atoms with Gasteiger partial charge in [0, 0.05) is 11.9 Å². The summed E-state index contributed by atoms with van der Waals surface area (Å²) in [5.41, 5.74) is 7.62. The van der Waals surface area contributed by atoms with Crippen LogP contribution in [0.2, 0.25) is 0 Å². The third-order valence-electron chi connectivity index (χ3n) is 2.55. The number of sulfonamides is 1. The molecule has 6 heteroatoms. The molecule has 18 heavy (non-hydrogen) atoms. The number of hydrogen-bond acceptors (Lipinski definition) is 4. The molecule has 96 valence electrons. The molecule has 4 nitrogen and oxygen atoms in total. The van der Waals surface area contributed by atoms with E-state index in [0.717, 1.165) is 5.56 Å². The van der Waals surface area contributed by atoms with Crippen molar-refractivity contribution in [3.8, 4) is 0 Å². The van der Waals surface area contributed by atoms with E-state index in [0.29, 0.717) is 17.8 Å². The van der Waals surface area contributed by atoms with E-state index in [1.165, 1.54) is 11.3 Å². The fourth-order valence-corrected chi connectivity index (χ4v) is 3.60. The number of benzene rings is 1. The van der Waals surface area contributed by atoms with Crippen LogP contribution in [0.1, 0.15) is 11.1 Å². The van der Waals surface area contributed by atoms with Gasteiger partial charge in [0.05, 0.1) is 10.6 Å². The Hall–Kier alpha value is -1.37. The van der Waals surface area contributed by atoms with E-state index in [2.05, 4.69) is 4.72 Å². The Labute approximate surface area is 111 Å². The summed E-state index contributed by atoms with van der Waals surface area (Å²) in [5, 5.41) is 3.57. The lowest BCUT2D eigenvalue weighted by Crippen LogP contribution is -2.14. The van der Waals surface area contributed by atoms with Crippen molar-refractivity contribution in [1.82, 2.24) is 0 Å². The first-order valence-electron chi connectivity index (χ1n) is 5.37. The van der Waals surface area contributed by atoms with Gasteiger partial charge in [0.25, 0.3) is 10.0 Å². The molecule has 0 fully saturated rings. The van der Waals surface area contributed by atoms with Crippen molar-refractivity contribution >= 4 is 27.0 Å². The molecule has 1 aromatic heterocycles. The molecule has 0 amide bonds. The highest BCUT2D eigenvalue weighted by atomic mass is 32.2. The molecule has 0 bridgehead atoms. The molecular weight excluding hydrogens is 268 g/mol. The van der Waals surface area contributed by atoms with Gasteiger partial charge in [-0.2, -0.15) is 11.3 Å². The van der Waals surface area contributed by atoms with Crippen LogP contribution in [0.3, 0.4) is 0 Å². The molecule has 0 saturated heterocycles. The van der Waals surface area contributed by atoms with Crippen LogP contribution in [0.15, 0.2) is 39.9 Å². The standard InChI is InChI=1S/C12H14N2O2S2/c1-9-2-3-10(7-13)6-12(9)18(15,16)14-11-4-5-17-8-11/h2-6,8,14H,7,13H2,1H3. The SMILES string of the molecule is Cc1ccc(CN)cc1S(=O)(=O)Nc1ccsc1. The summed E-state index contributed by atoms with van der Waals surface area (Å²) in [6, 6.07) is 6.94. The Morgan fingerprint density at radius 3 is 2.72 bits per heavy atom. The monoisotopic (exact) mass is 282 g/mol. The van der Waals surface area contributed by atoms with Crippen LogP contribution in [0, 0.1) is 6.92 Å². The summed E-state index contributed by atoms with van der Waals surface area (Å²) in [6.07, 6.45) is 0. The molecule has 2 rings (SSSR count). The Bertz CT molecular complexity index is 634. The number of hydrogen-bond donors (Lipinski definition) is 2. The van der Waals surface area contributed by atoms with Crippen molar-refractivity contribution in [2.45, 2.75) is 18.4 Å². The van der Waals surface area contributed by atoms with Gasteiger partial charge in [0.1, 0.15) is 0 Å². The highest BCUT2D eigenvalue weighted by Crippen LogP contribution is 2.21. The lowest BCUT2D eigenvalue weighted by Gasteiger charge is -2.10. The van der Waals surface area contributed by atoms with Crippen LogP contribution < -0.4 is 10.5 Å². The largest absolute Gasteiger partial charge is 0.326 e. The molecule has 0 atom stereocenters. The van der Waals surface area contributed by atoms with Crippen molar-refractivity contribution in [1.29, 1.82) is 0 Å². The second-order valence-electron chi connectivity index (χ2n) is 3.92. The fraction of sp³-hybridized carbons (Fsp3) is 0.167. The van der Waals surface area contributed by atoms with Gasteiger partial charge in [-0.25, -0.2) is 8.42 Å². The van der Waals surface area contributed by atoms with Gasteiger partial charge in [-0.3, -0.25) is 4.72 Å². The van der Waals surface area contributed by atoms with Crippen LogP contribution in [0.25, 0.3) is 0 Å². The van der Waals surface area contributed by atoms with Gasteiger partial charge in [0.15, 0.2) is 0 Å². The maximum Gasteiger partial charge on any atom is 0.262 e. The van der Waals surface area contributed by atoms with Crippen LogP contribution in [-0.4, -0.2) is 8.42 Å². The minimum Gasteiger partial charge on any atom is -0.326 e. The number of anilines is 1. The van der Waals surface area contributed by atoms with Gasteiger partial charge < -0.3 is 5.73 Å². The zero-order chi connectivity index (χ0) is 13.2. The van der Waals surface area contributed by atoms with Gasteiger partial charge in [-0.15, -0.1) is 0 Å². The zero-order valence-corrected chi connectivity index (χ0v) is 11.5. The summed E-state index contributed by atoms with van der Waals surface area (Å²) in [6.45, 7) is 2.09. The van der Waals surface area contributed by atoms with Crippen LogP contribution in [0.5, 0.6) is 0 Å². The predicted molar refractivity (Wildman–Crippen MR) is 74.2 cm³/mol. The number of nitrogens with one attached hydrogen (secondary N) is 1. The zero-order valence-electron chi connectivity index (χ0n) is 9.88. The lowest BCUT2D eigenvalue weighted by molar-refractivity contribution is 0.600. The Kier molecular flexibility index (Phi) is 3.70. The number of thiophene rings is 1. The van der Waals surface area contributed by atoms with Crippen LogP contribution in [-0.2, 0) is 16.6 Å². The molecule has 0 unspecified atom stereocenters. The Balaban J connectivity index is 2.40. The lowest BCUT2D eigenvalue weighted by atomic mass is 10.1. The third kappa shape index (κ3) is 2.72. The molecule has 3 N–H and O–H groups in total. The van der Waals surface area contributed by atoms with E-state index >= 15 is 0 Å². The minimum absolute atomic E-state index is 0.275. The van der Waals surface area contributed by atoms with Gasteiger partial charge in [-0.1, -0.05) is 12.1 Å². The maximum absolute atomic E-state index is 12.2. The summed E-state index contributed by atoms with van der Waals surface area (Å²) in [4.78, 5) is 0.275. The van der Waals surface area contributed by atoms with Gasteiger partial charge >= 0.3 is 0 Å². The first kappa shape index (κ1) is 13.1. The quantitative estimate of drug-likeness (QED) is 0.904. The average molecular weight is 282 g/mol. The van der Waals surface area contributed by atoms with Gasteiger partial charge in [0.2, 0.25) is 0 Å². The molecule has 1 aromatic carbocycles. The highest BCUT2D eigenvalue weighted by Gasteiger charge is 2.17. The topological polar surface area (TPSA) is 72.2 Å². The Morgan fingerprint density at radius 2 is 2.11 bits per heavy atom. The van der Waals surface area contributed by atoms with E-state index in [9.17, 15) is 8.42 Å². The fourth-order valence-electron chi connectivity index (χ4n) is 1.59. The first-order chi connectivity index (χ1) is 8.53. The summed E-state index contributed by atoms with van der Waals surface area (Å²) >= 11 is 1.44. The molecule has 0 radical (unpaired) electrons. The summed E-state index contributed by atoms with van der Waals surface area (Å²) in [7, 11) is -3.55. The second-order valence-corrected chi connectivity index (χ2v) is 6.35. The van der Waals surface area contributed by atoms with E-state index in [-0.39, 0.29) is 4.90 Å². The smallest absolute Gasteiger partial charge is 0.262 e. The minimum atomic E-state index is -3.55. The molecule has 0 aliphatic rings. The van der Waals surface area contributed by atoms with Crippen molar-refractivity contribution in [2.75, 3.05) is 4.72 Å². The van der Waals surface area contributed by atoms with E-state index in [1.807, 2.05) is 11.4 Å². The van der Waals surface area contributed by atoms with Gasteiger partial charge in [-0.05, 0) is 35.6 Å². The molecule has 0 aliphatic carbocycles. The first-order valence-corrected chi connectivity index (χ1v) is 7.80. The predicted octanol–water partition coefficient (Wildman–Crippen LogP) is 2.32. The van der Waals surface area contributed by atoms with E-state index in [4.69, 9.17) is 5.73 Å². The third-order valence-corrected chi connectivity index (χ3v) is 4.76.